The van der Waals surface area contributed by atoms with Gasteiger partial charge in [-0.25, -0.2) is 4.79 Å². The van der Waals surface area contributed by atoms with Crippen molar-refractivity contribution in [3.05, 3.63) is 53.6 Å². The second-order valence-corrected chi connectivity index (χ2v) is 5.35. The summed E-state index contributed by atoms with van der Waals surface area (Å²) in [6.07, 6.45) is 0. The van der Waals surface area contributed by atoms with E-state index >= 15 is 0 Å². The van der Waals surface area contributed by atoms with Gasteiger partial charge in [-0.05, 0) is 36.4 Å². The minimum Gasteiger partial charge on any atom is -0.493 e. The lowest BCUT2D eigenvalue weighted by Gasteiger charge is -2.12. The third-order valence-corrected chi connectivity index (χ3v) is 3.58. The molecular weight excluding hydrogens is 352 g/mol. The number of hydrogen-bond donors (Lipinski definition) is 2. The Morgan fingerprint density at radius 2 is 1.74 bits per heavy atom. The fraction of sp³-hybridized carbons (Fsp3) is 0.211. The highest BCUT2D eigenvalue weighted by atomic mass is 16.5. The van der Waals surface area contributed by atoms with Gasteiger partial charge < -0.3 is 24.8 Å². The molecule has 2 aromatic rings. The first-order valence-corrected chi connectivity index (χ1v) is 7.99. The molecule has 0 saturated heterocycles. The van der Waals surface area contributed by atoms with Gasteiger partial charge in [0.05, 0.1) is 19.8 Å². The minimum atomic E-state index is -0.506. The molecule has 2 rings (SSSR count). The van der Waals surface area contributed by atoms with Crippen LogP contribution in [0.4, 0.5) is 5.69 Å². The van der Waals surface area contributed by atoms with E-state index in [-0.39, 0.29) is 12.5 Å². The average Bonchev–Trinajstić information content (AvgIpc) is 2.71. The van der Waals surface area contributed by atoms with Crippen LogP contribution in [0.2, 0.25) is 0 Å². The van der Waals surface area contributed by atoms with Crippen LogP contribution in [0.5, 0.6) is 11.5 Å². The second-order valence-electron chi connectivity index (χ2n) is 5.35. The first kappa shape index (κ1) is 19.8. The van der Waals surface area contributed by atoms with Crippen molar-refractivity contribution >= 4 is 23.5 Å². The second kappa shape index (κ2) is 9.23. The predicted molar refractivity (Wildman–Crippen MR) is 98.3 cm³/mol. The van der Waals surface area contributed by atoms with Crippen LogP contribution < -0.4 is 20.1 Å². The molecule has 0 aliphatic heterocycles. The smallest absolute Gasteiger partial charge is 0.337 e. The number of esters is 1. The summed E-state index contributed by atoms with van der Waals surface area (Å²) in [6.45, 7) is -0.280. The van der Waals surface area contributed by atoms with Crippen LogP contribution in [0.1, 0.15) is 20.7 Å². The van der Waals surface area contributed by atoms with Gasteiger partial charge in [-0.1, -0.05) is 6.07 Å². The van der Waals surface area contributed by atoms with Crippen molar-refractivity contribution in [3.8, 4) is 11.5 Å². The molecule has 0 saturated carbocycles. The third-order valence-electron chi connectivity index (χ3n) is 3.58. The van der Waals surface area contributed by atoms with Crippen molar-refractivity contribution in [2.75, 3.05) is 33.2 Å². The van der Waals surface area contributed by atoms with Crippen LogP contribution in [-0.2, 0) is 9.53 Å². The molecule has 0 heterocycles. The van der Waals surface area contributed by atoms with Crippen molar-refractivity contribution in [1.82, 2.24) is 5.32 Å². The fourth-order valence-electron chi connectivity index (χ4n) is 2.25. The number of benzene rings is 2. The predicted octanol–water partition coefficient (Wildman–Crippen LogP) is 1.86. The van der Waals surface area contributed by atoms with Crippen molar-refractivity contribution in [1.29, 1.82) is 0 Å². The highest BCUT2D eigenvalue weighted by molar-refractivity contribution is 5.97. The number of hydrogen-bond acceptors (Lipinski definition) is 6. The molecule has 2 aromatic carbocycles. The Morgan fingerprint density at radius 3 is 2.41 bits per heavy atom. The molecule has 2 N–H and O–H groups in total. The number of carbonyl (C=O) groups excluding carboxylic acids is 3. The minimum absolute atomic E-state index is 0.252. The van der Waals surface area contributed by atoms with E-state index in [0.717, 1.165) is 0 Å². The molecule has 0 bridgehead atoms. The normalized spacial score (nSPS) is 9.89. The maximum absolute atomic E-state index is 12.1. The van der Waals surface area contributed by atoms with Crippen molar-refractivity contribution in [3.63, 3.8) is 0 Å². The Kier molecular flexibility index (Phi) is 6.76. The van der Waals surface area contributed by atoms with E-state index in [4.69, 9.17) is 9.47 Å². The quantitative estimate of drug-likeness (QED) is 0.719. The van der Waals surface area contributed by atoms with Crippen LogP contribution in [0.25, 0.3) is 0 Å². The first-order valence-electron chi connectivity index (χ1n) is 7.99. The number of methoxy groups -OCH3 is 2. The lowest BCUT2D eigenvalue weighted by atomic mass is 10.2. The van der Waals surface area contributed by atoms with E-state index in [2.05, 4.69) is 15.4 Å². The standard InChI is InChI=1S/C19H20N2O6/c1-20-18(23)12-5-4-6-14(9-12)21-17(22)11-27-15-8-7-13(19(24)26-3)10-16(15)25-2/h4-10H,11H2,1-3H3,(H,20,23)(H,21,22). The van der Waals surface area contributed by atoms with Gasteiger partial charge >= 0.3 is 5.97 Å². The van der Waals surface area contributed by atoms with E-state index in [1.54, 1.807) is 24.3 Å². The van der Waals surface area contributed by atoms with E-state index in [0.29, 0.717) is 28.3 Å². The molecule has 8 nitrogen and oxygen atoms in total. The summed E-state index contributed by atoms with van der Waals surface area (Å²) in [5.74, 6) is -0.568. The summed E-state index contributed by atoms with van der Waals surface area (Å²) in [6, 6.07) is 11.0. The fourth-order valence-corrected chi connectivity index (χ4v) is 2.25. The SMILES string of the molecule is CNC(=O)c1cccc(NC(=O)COc2ccc(C(=O)OC)cc2OC)c1. The van der Waals surface area contributed by atoms with Gasteiger partial charge in [-0.15, -0.1) is 0 Å². The van der Waals surface area contributed by atoms with Gasteiger partial charge in [0.2, 0.25) is 0 Å². The van der Waals surface area contributed by atoms with E-state index in [1.165, 1.54) is 39.5 Å². The van der Waals surface area contributed by atoms with Crippen molar-refractivity contribution in [2.45, 2.75) is 0 Å². The van der Waals surface area contributed by atoms with Crippen LogP contribution in [0, 0.1) is 0 Å². The zero-order valence-electron chi connectivity index (χ0n) is 15.2. The molecule has 0 spiro atoms. The summed E-state index contributed by atoms with van der Waals surface area (Å²) in [5.41, 5.74) is 1.20. The molecule has 2 amide bonds. The molecule has 8 heteroatoms. The molecular formula is C19H20N2O6. The first-order chi connectivity index (χ1) is 13.0. The summed E-state index contributed by atoms with van der Waals surface area (Å²) in [4.78, 5) is 35.3. The van der Waals surface area contributed by atoms with Gasteiger partial charge in [-0.3, -0.25) is 9.59 Å². The average molecular weight is 372 g/mol. The molecule has 0 aliphatic rings. The van der Waals surface area contributed by atoms with Crippen molar-refractivity contribution in [2.24, 2.45) is 0 Å². The lowest BCUT2D eigenvalue weighted by molar-refractivity contribution is -0.118. The molecule has 0 unspecified atom stereocenters. The van der Waals surface area contributed by atoms with Gasteiger partial charge in [0.1, 0.15) is 0 Å². The summed E-state index contributed by atoms with van der Waals surface area (Å²) >= 11 is 0. The van der Waals surface area contributed by atoms with E-state index in [9.17, 15) is 14.4 Å². The topological polar surface area (TPSA) is 103 Å². The van der Waals surface area contributed by atoms with Crippen LogP contribution in [-0.4, -0.2) is 45.7 Å². The van der Waals surface area contributed by atoms with Crippen LogP contribution in [0.15, 0.2) is 42.5 Å². The number of nitrogens with one attached hydrogen (secondary N) is 2. The van der Waals surface area contributed by atoms with E-state index < -0.39 is 11.9 Å². The molecule has 0 fully saturated rings. The summed E-state index contributed by atoms with van der Waals surface area (Å²) < 4.78 is 15.3. The Bertz CT molecular complexity index is 850. The largest absolute Gasteiger partial charge is 0.493 e. The van der Waals surface area contributed by atoms with Crippen molar-refractivity contribution < 1.29 is 28.6 Å². The number of carbonyl (C=O) groups is 3. The Balaban J connectivity index is 2.01. The van der Waals surface area contributed by atoms with E-state index in [1.807, 2.05) is 0 Å². The maximum Gasteiger partial charge on any atom is 0.337 e. The lowest BCUT2D eigenvalue weighted by Crippen LogP contribution is -2.21. The summed E-state index contributed by atoms with van der Waals surface area (Å²) in [7, 11) is 4.23. The molecule has 0 atom stereocenters. The molecule has 142 valence electrons. The monoisotopic (exact) mass is 372 g/mol. The van der Waals surface area contributed by atoms with Crippen LogP contribution in [0.3, 0.4) is 0 Å². The van der Waals surface area contributed by atoms with Crippen LogP contribution >= 0.6 is 0 Å². The molecule has 0 aliphatic carbocycles. The Labute approximate surface area is 156 Å². The third kappa shape index (κ3) is 5.21. The molecule has 0 aromatic heterocycles. The van der Waals surface area contributed by atoms with Gasteiger partial charge in [-0.2, -0.15) is 0 Å². The molecule has 0 radical (unpaired) electrons. The van der Waals surface area contributed by atoms with Gasteiger partial charge in [0, 0.05) is 18.3 Å². The van der Waals surface area contributed by atoms with Gasteiger partial charge in [0.15, 0.2) is 18.1 Å². The zero-order chi connectivity index (χ0) is 19.8. The maximum atomic E-state index is 12.1. The number of ether oxygens (including phenoxy) is 3. The highest BCUT2D eigenvalue weighted by Gasteiger charge is 2.13. The summed E-state index contributed by atoms with van der Waals surface area (Å²) in [5, 5.41) is 5.16. The highest BCUT2D eigenvalue weighted by Crippen LogP contribution is 2.28. The zero-order valence-corrected chi connectivity index (χ0v) is 15.2. The molecule has 27 heavy (non-hydrogen) atoms. The Hall–Kier alpha value is -3.55. The van der Waals surface area contributed by atoms with Gasteiger partial charge in [0.25, 0.3) is 11.8 Å². The number of amides is 2. The Morgan fingerprint density at radius 1 is 0.963 bits per heavy atom. The number of rotatable bonds is 7. The number of anilines is 1.